The first kappa shape index (κ1) is 7.50. The molecule has 0 aromatic rings. The Labute approximate surface area is 49.5 Å². The van der Waals surface area contributed by atoms with Crippen molar-refractivity contribution in [3.05, 3.63) is 18.8 Å². The van der Waals surface area contributed by atoms with E-state index in [9.17, 15) is 0 Å². The highest BCUT2D eigenvalue weighted by Gasteiger charge is 1.92. The van der Waals surface area contributed by atoms with Gasteiger partial charge < -0.3 is 10.2 Å². The van der Waals surface area contributed by atoms with Gasteiger partial charge in [0.25, 0.3) is 0 Å². The Morgan fingerprint density at radius 1 is 1.88 bits per heavy atom. The minimum atomic E-state index is -0.230. The minimum Gasteiger partial charge on any atom is -0.512 e. The standard InChI is InChI=1S/C6H10O2/c1-5(4-7)3-6(2)8/h2-3,5,7-8H,4H2,1H3. The van der Waals surface area contributed by atoms with Crippen LogP contribution in [0.25, 0.3) is 0 Å². The van der Waals surface area contributed by atoms with Crippen molar-refractivity contribution < 1.29 is 10.2 Å². The Balaban J connectivity index is 3.51. The maximum absolute atomic E-state index is 8.38. The number of aliphatic hydroxyl groups is 2. The summed E-state index contributed by atoms with van der Waals surface area (Å²) in [5.41, 5.74) is 0. The van der Waals surface area contributed by atoms with Gasteiger partial charge in [0.05, 0.1) is 5.76 Å². The summed E-state index contributed by atoms with van der Waals surface area (Å²) in [4.78, 5) is 0. The topological polar surface area (TPSA) is 40.5 Å². The van der Waals surface area contributed by atoms with Gasteiger partial charge in [0.2, 0.25) is 0 Å². The molecule has 0 aliphatic carbocycles. The Morgan fingerprint density at radius 3 is 2.50 bits per heavy atom. The first-order chi connectivity index (χ1) is 3.66. The van der Waals surface area contributed by atoms with Crippen LogP contribution in [0.15, 0.2) is 11.8 Å². The molecule has 0 fully saturated rings. The second kappa shape index (κ2) is 3.50. The van der Waals surface area contributed by atoms with E-state index in [2.05, 4.69) is 0 Å². The Bertz CT molecular complexity index is 82.5. The molecule has 2 radical (unpaired) electrons. The molecule has 0 heterocycles. The van der Waals surface area contributed by atoms with Crippen molar-refractivity contribution in [1.29, 1.82) is 0 Å². The maximum atomic E-state index is 8.38. The van der Waals surface area contributed by atoms with Gasteiger partial charge in [-0.15, -0.1) is 0 Å². The molecule has 0 aromatic carbocycles. The zero-order valence-corrected chi connectivity index (χ0v) is 4.83. The van der Waals surface area contributed by atoms with Gasteiger partial charge in [0.1, 0.15) is 0 Å². The summed E-state index contributed by atoms with van der Waals surface area (Å²) < 4.78 is 0. The van der Waals surface area contributed by atoms with Gasteiger partial charge in [0, 0.05) is 19.4 Å². The van der Waals surface area contributed by atoms with Gasteiger partial charge in [-0.1, -0.05) is 6.92 Å². The SMILES string of the molecule is [CH]C(O)=CC(C)CO. The summed E-state index contributed by atoms with van der Waals surface area (Å²) in [6, 6.07) is 0. The van der Waals surface area contributed by atoms with Crippen LogP contribution in [0.1, 0.15) is 6.92 Å². The number of allylic oxidation sites excluding steroid dienone is 1. The van der Waals surface area contributed by atoms with Crippen LogP contribution < -0.4 is 0 Å². The van der Waals surface area contributed by atoms with E-state index in [4.69, 9.17) is 17.1 Å². The van der Waals surface area contributed by atoms with Crippen LogP contribution in [0, 0.1) is 12.8 Å². The lowest BCUT2D eigenvalue weighted by atomic mass is 10.2. The van der Waals surface area contributed by atoms with Crippen molar-refractivity contribution in [2.45, 2.75) is 6.92 Å². The van der Waals surface area contributed by atoms with E-state index in [0.29, 0.717) is 0 Å². The predicted octanol–water partition coefficient (Wildman–Crippen LogP) is 0.768. The second-order valence-electron chi connectivity index (χ2n) is 1.75. The number of hydrogen-bond acceptors (Lipinski definition) is 2. The number of hydrogen-bond donors (Lipinski definition) is 2. The lowest BCUT2D eigenvalue weighted by Crippen LogP contribution is -1.96. The zero-order valence-electron chi connectivity index (χ0n) is 4.83. The summed E-state index contributed by atoms with van der Waals surface area (Å²) in [5, 5.41) is 16.8. The molecule has 1 atom stereocenters. The third-order valence-electron chi connectivity index (χ3n) is 0.743. The monoisotopic (exact) mass is 114 g/mol. The summed E-state index contributed by atoms with van der Waals surface area (Å²) in [6.45, 7) is 6.64. The number of rotatable bonds is 2. The third-order valence-corrected chi connectivity index (χ3v) is 0.743. The highest BCUT2D eigenvalue weighted by atomic mass is 16.3. The van der Waals surface area contributed by atoms with Crippen molar-refractivity contribution >= 4 is 0 Å². The van der Waals surface area contributed by atoms with Crippen LogP contribution in [0.5, 0.6) is 0 Å². The molecule has 0 aromatic heterocycles. The minimum absolute atomic E-state index is 0.0151. The maximum Gasteiger partial charge on any atom is 0.0932 e. The van der Waals surface area contributed by atoms with Crippen LogP contribution in [0.4, 0.5) is 0 Å². The lowest BCUT2D eigenvalue weighted by Gasteiger charge is -1.97. The van der Waals surface area contributed by atoms with Crippen LogP contribution >= 0.6 is 0 Å². The van der Waals surface area contributed by atoms with Gasteiger partial charge in [-0.3, -0.25) is 0 Å². The molecule has 0 amide bonds. The van der Waals surface area contributed by atoms with E-state index in [-0.39, 0.29) is 18.3 Å². The second-order valence-corrected chi connectivity index (χ2v) is 1.75. The van der Waals surface area contributed by atoms with Crippen LogP contribution in [-0.4, -0.2) is 16.8 Å². The van der Waals surface area contributed by atoms with Gasteiger partial charge in [0.15, 0.2) is 0 Å². The van der Waals surface area contributed by atoms with E-state index in [1.54, 1.807) is 6.92 Å². The average Bonchev–Trinajstić information content (AvgIpc) is 1.65. The normalized spacial score (nSPS) is 16.1. The summed E-state index contributed by atoms with van der Waals surface area (Å²) in [7, 11) is 0. The molecule has 0 aliphatic heterocycles. The highest BCUT2D eigenvalue weighted by Crippen LogP contribution is 1.97. The molecular formula is C6H10O2. The van der Waals surface area contributed by atoms with E-state index in [1.165, 1.54) is 6.08 Å². The highest BCUT2D eigenvalue weighted by molar-refractivity contribution is 4.96. The molecule has 0 aliphatic rings. The fourth-order valence-electron chi connectivity index (χ4n) is 0.344. The van der Waals surface area contributed by atoms with E-state index in [0.717, 1.165) is 0 Å². The molecular weight excluding hydrogens is 104 g/mol. The first-order valence-corrected chi connectivity index (χ1v) is 2.44. The summed E-state index contributed by atoms with van der Waals surface area (Å²) in [5.74, 6) is -0.286. The number of aliphatic hydroxyl groups excluding tert-OH is 2. The molecule has 0 spiro atoms. The van der Waals surface area contributed by atoms with Crippen LogP contribution in [-0.2, 0) is 0 Å². The molecule has 0 rings (SSSR count). The third kappa shape index (κ3) is 3.68. The molecule has 2 heteroatoms. The van der Waals surface area contributed by atoms with Crippen molar-refractivity contribution in [3.63, 3.8) is 0 Å². The van der Waals surface area contributed by atoms with Gasteiger partial charge in [-0.05, 0) is 6.08 Å². The molecule has 0 saturated carbocycles. The predicted molar refractivity (Wildman–Crippen MR) is 31.3 cm³/mol. The Hall–Kier alpha value is -0.500. The molecule has 0 saturated heterocycles. The Kier molecular flexibility index (Phi) is 3.28. The van der Waals surface area contributed by atoms with E-state index in [1.807, 2.05) is 0 Å². The molecule has 1 unspecified atom stereocenters. The van der Waals surface area contributed by atoms with Crippen molar-refractivity contribution in [1.82, 2.24) is 0 Å². The fourth-order valence-corrected chi connectivity index (χ4v) is 0.344. The molecule has 2 nitrogen and oxygen atoms in total. The van der Waals surface area contributed by atoms with E-state index >= 15 is 0 Å². The molecule has 2 N–H and O–H groups in total. The van der Waals surface area contributed by atoms with Crippen molar-refractivity contribution in [2.24, 2.45) is 5.92 Å². The lowest BCUT2D eigenvalue weighted by molar-refractivity contribution is 0.258. The summed E-state index contributed by atoms with van der Waals surface area (Å²) >= 11 is 0. The largest absolute Gasteiger partial charge is 0.512 e. The smallest absolute Gasteiger partial charge is 0.0932 e. The summed E-state index contributed by atoms with van der Waals surface area (Å²) in [6.07, 6.45) is 1.39. The molecule has 0 bridgehead atoms. The quantitative estimate of drug-likeness (QED) is 0.520. The van der Waals surface area contributed by atoms with Crippen molar-refractivity contribution in [3.8, 4) is 0 Å². The first-order valence-electron chi connectivity index (χ1n) is 2.44. The van der Waals surface area contributed by atoms with E-state index < -0.39 is 0 Å². The van der Waals surface area contributed by atoms with Crippen molar-refractivity contribution in [2.75, 3.05) is 6.61 Å². The average molecular weight is 114 g/mol. The van der Waals surface area contributed by atoms with Crippen LogP contribution in [0.2, 0.25) is 0 Å². The fraction of sp³-hybridized carbons (Fsp3) is 0.500. The van der Waals surface area contributed by atoms with Gasteiger partial charge >= 0.3 is 0 Å². The van der Waals surface area contributed by atoms with Gasteiger partial charge in [-0.25, -0.2) is 0 Å². The van der Waals surface area contributed by atoms with Gasteiger partial charge in [-0.2, -0.15) is 0 Å². The zero-order chi connectivity index (χ0) is 6.57. The van der Waals surface area contributed by atoms with Crippen LogP contribution in [0.3, 0.4) is 0 Å². The molecule has 46 valence electrons. The Morgan fingerprint density at radius 2 is 2.38 bits per heavy atom. The molecule has 8 heavy (non-hydrogen) atoms.